The number of esters is 1. The first-order valence-corrected chi connectivity index (χ1v) is 9.82. The maximum absolute atomic E-state index is 11.7. The number of carbonyl (C=O) groups excluding carboxylic acids is 1. The summed E-state index contributed by atoms with van der Waals surface area (Å²) in [5, 5.41) is 41.1. The van der Waals surface area contributed by atoms with Crippen LogP contribution in [0.5, 0.6) is 5.75 Å². The molecule has 1 aliphatic heterocycles. The Kier molecular flexibility index (Phi) is 7.10. The van der Waals surface area contributed by atoms with Crippen LogP contribution in [0.4, 0.5) is 5.69 Å². The lowest BCUT2D eigenvalue weighted by Gasteiger charge is -2.38. The smallest absolute Gasteiger partial charge is 0.337 e. The number of nitro groups is 1. The molecular weight excluding hydrogens is 418 g/mol. The molecule has 3 N–H and O–H groups in total. The van der Waals surface area contributed by atoms with E-state index in [9.17, 15) is 38.6 Å². The summed E-state index contributed by atoms with van der Waals surface area (Å²) in [6, 6.07) is 3.35. The summed E-state index contributed by atoms with van der Waals surface area (Å²) < 4.78 is 41.5. The number of nitrogens with zero attached hydrogens (tertiary/aromatic N) is 1. The number of hydrogen-bond donors (Lipinski definition) is 3. The summed E-state index contributed by atoms with van der Waals surface area (Å²) in [6.07, 6.45) is -8.17. The van der Waals surface area contributed by atoms with Gasteiger partial charge in [0.25, 0.3) is 10.1 Å². The Morgan fingerprint density at radius 1 is 1.24 bits per heavy atom. The molecule has 1 fully saturated rings. The van der Waals surface area contributed by atoms with Crippen molar-refractivity contribution in [3.8, 4) is 5.75 Å². The summed E-state index contributed by atoms with van der Waals surface area (Å²) in [7, 11) is -2.77. The largest absolute Gasteiger partial charge is 0.467 e. The normalized spacial score (nSPS) is 27.3. The molecule has 0 aromatic heterocycles. The van der Waals surface area contributed by atoms with Crippen molar-refractivity contribution in [1.82, 2.24) is 0 Å². The van der Waals surface area contributed by atoms with Gasteiger partial charge in [-0.2, -0.15) is 8.42 Å². The maximum Gasteiger partial charge on any atom is 0.337 e. The molecule has 1 saturated heterocycles. The molecule has 13 nitrogen and oxygen atoms in total. The molecule has 5 atom stereocenters. The van der Waals surface area contributed by atoms with Crippen molar-refractivity contribution in [2.24, 2.45) is 0 Å². The molecule has 29 heavy (non-hydrogen) atoms. The van der Waals surface area contributed by atoms with Gasteiger partial charge < -0.3 is 29.5 Å². The van der Waals surface area contributed by atoms with Gasteiger partial charge in [-0.05, 0) is 11.6 Å². The monoisotopic (exact) mass is 437 g/mol. The lowest BCUT2D eigenvalue weighted by molar-refractivity contribution is -0.387. The zero-order valence-electron chi connectivity index (χ0n) is 15.2. The second-order valence-corrected chi connectivity index (χ2v) is 7.71. The SMILES string of the molecule is COC(=O)C1O[C@@H](Oc2ccc(COS(C)(=O)=O)cc2[N+](=O)[O-])C(O)[C@@H](O)[C@@H]1O. The van der Waals surface area contributed by atoms with Crippen LogP contribution in [-0.2, 0) is 35.2 Å². The highest BCUT2D eigenvalue weighted by atomic mass is 32.2. The number of nitro benzene ring substituents is 1. The molecule has 0 amide bonds. The van der Waals surface area contributed by atoms with Crippen molar-refractivity contribution in [2.45, 2.75) is 37.3 Å². The van der Waals surface area contributed by atoms with Gasteiger partial charge in [0.2, 0.25) is 6.29 Å². The van der Waals surface area contributed by atoms with Gasteiger partial charge in [0.05, 0.1) is 24.9 Å². The quantitative estimate of drug-likeness (QED) is 0.192. The minimum Gasteiger partial charge on any atom is -0.467 e. The van der Waals surface area contributed by atoms with Crippen LogP contribution in [0.3, 0.4) is 0 Å². The van der Waals surface area contributed by atoms with E-state index in [1.54, 1.807) is 0 Å². The third-order valence-corrected chi connectivity index (χ3v) is 4.45. The highest BCUT2D eigenvalue weighted by Gasteiger charge is 2.48. The molecule has 1 heterocycles. The molecule has 14 heteroatoms. The van der Waals surface area contributed by atoms with E-state index in [-0.39, 0.29) is 5.56 Å². The van der Waals surface area contributed by atoms with Crippen LogP contribution in [-0.4, -0.2) is 78.7 Å². The van der Waals surface area contributed by atoms with E-state index in [1.807, 2.05) is 0 Å². The van der Waals surface area contributed by atoms with Crippen LogP contribution in [0.2, 0.25) is 0 Å². The van der Waals surface area contributed by atoms with E-state index >= 15 is 0 Å². The first-order chi connectivity index (χ1) is 13.4. The highest BCUT2D eigenvalue weighted by molar-refractivity contribution is 7.85. The minimum atomic E-state index is -3.77. The lowest BCUT2D eigenvalue weighted by atomic mass is 9.99. The third kappa shape index (κ3) is 5.59. The molecule has 0 bridgehead atoms. The van der Waals surface area contributed by atoms with Gasteiger partial charge in [-0.15, -0.1) is 0 Å². The van der Waals surface area contributed by atoms with E-state index in [1.165, 1.54) is 6.07 Å². The Balaban J connectivity index is 2.27. The molecule has 2 rings (SSSR count). The van der Waals surface area contributed by atoms with Gasteiger partial charge >= 0.3 is 11.7 Å². The second kappa shape index (κ2) is 8.98. The topological polar surface area (TPSA) is 192 Å². The average molecular weight is 437 g/mol. The molecular formula is C15H19NO12S. The second-order valence-electron chi connectivity index (χ2n) is 6.06. The van der Waals surface area contributed by atoms with Crippen LogP contribution < -0.4 is 4.74 Å². The number of rotatable bonds is 7. The number of carbonyl (C=O) groups is 1. The Morgan fingerprint density at radius 2 is 1.90 bits per heavy atom. The van der Waals surface area contributed by atoms with E-state index in [0.29, 0.717) is 0 Å². The van der Waals surface area contributed by atoms with Crippen LogP contribution in [0.25, 0.3) is 0 Å². The summed E-state index contributed by atoms with van der Waals surface area (Å²) in [6.45, 7) is -0.460. The van der Waals surface area contributed by atoms with E-state index in [4.69, 9.17) is 9.47 Å². The van der Waals surface area contributed by atoms with Crippen molar-refractivity contribution in [3.63, 3.8) is 0 Å². The number of benzene rings is 1. The predicted octanol–water partition coefficient (Wildman–Crippen LogP) is -1.57. The van der Waals surface area contributed by atoms with Gasteiger partial charge in [0, 0.05) is 6.07 Å². The van der Waals surface area contributed by atoms with Gasteiger partial charge in [-0.25, -0.2) is 4.79 Å². The fourth-order valence-electron chi connectivity index (χ4n) is 2.45. The molecule has 0 radical (unpaired) electrons. The zero-order valence-corrected chi connectivity index (χ0v) is 16.0. The Hall–Kier alpha value is -2.36. The van der Waals surface area contributed by atoms with Crippen molar-refractivity contribution in [3.05, 3.63) is 33.9 Å². The molecule has 0 aliphatic carbocycles. The number of hydrogen-bond acceptors (Lipinski definition) is 12. The maximum atomic E-state index is 11.7. The van der Waals surface area contributed by atoms with Crippen molar-refractivity contribution in [2.75, 3.05) is 13.4 Å². The lowest BCUT2D eigenvalue weighted by Crippen LogP contribution is -2.61. The summed E-state index contributed by atoms with van der Waals surface area (Å²) >= 11 is 0. The molecule has 0 spiro atoms. The first kappa shape index (κ1) is 22.9. The molecule has 2 unspecified atom stereocenters. The molecule has 0 saturated carbocycles. The number of methoxy groups -OCH3 is 1. The van der Waals surface area contributed by atoms with Gasteiger partial charge in [0.1, 0.15) is 18.3 Å². The van der Waals surface area contributed by atoms with Crippen LogP contribution in [0.1, 0.15) is 5.56 Å². The molecule has 1 aromatic carbocycles. The first-order valence-electron chi connectivity index (χ1n) is 8.00. The molecule has 1 aromatic rings. The van der Waals surface area contributed by atoms with Crippen molar-refractivity contribution >= 4 is 21.8 Å². The number of aliphatic hydroxyl groups excluding tert-OH is 3. The fourth-order valence-corrected chi connectivity index (χ4v) is 2.80. The van der Waals surface area contributed by atoms with Crippen LogP contribution in [0, 0.1) is 10.1 Å². The van der Waals surface area contributed by atoms with Gasteiger partial charge in [-0.1, -0.05) is 6.07 Å². The van der Waals surface area contributed by atoms with Gasteiger partial charge in [0.15, 0.2) is 11.9 Å². The fraction of sp³-hybridized carbons (Fsp3) is 0.533. The summed E-state index contributed by atoms with van der Waals surface area (Å²) in [5.41, 5.74) is -0.479. The molecule has 1 aliphatic rings. The summed E-state index contributed by atoms with van der Waals surface area (Å²) in [4.78, 5) is 22.2. The third-order valence-electron chi connectivity index (χ3n) is 3.91. The van der Waals surface area contributed by atoms with E-state index in [0.717, 1.165) is 25.5 Å². The standard InChI is InChI=1S/C15H19NO12S/c1-25-14(20)13-11(18)10(17)12(19)15(28-13)27-9-4-3-7(5-8(9)16(21)22)6-26-29(2,23)24/h3-5,10-13,15,17-19H,6H2,1-2H3/t10-,11-,12?,13?,15+/m0/s1. The average Bonchev–Trinajstić information content (AvgIpc) is 2.66. The minimum absolute atomic E-state index is 0.141. The van der Waals surface area contributed by atoms with Crippen molar-refractivity contribution < 1.29 is 51.8 Å². The van der Waals surface area contributed by atoms with Crippen LogP contribution >= 0.6 is 0 Å². The Bertz CT molecular complexity index is 872. The van der Waals surface area contributed by atoms with E-state index in [2.05, 4.69) is 8.92 Å². The Labute approximate surface area is 164 Å². The van der Waals surface area contributed by atoms with Crippen molar-refractivity contribution in [1.29, 1.82) is 0 Å². The predicted molar refractivity (Wildman–Crippen MR) is 92.1 cm³/mol. The highest BCUT2D eigenvalue weighted by Crippen LogP contribution is 2.32. The van der Waals surface area contributed by atoms with Crippen LogP contribution in [0.15, 0.2) is 18.2 Å². The summed E-state index contributed by atoms with van der Waals surface area (Å²) in [5.74, 6) is -1.46. The molecule has 162 valence electrons. The zero-order chi connectivity index (χ0) is 21.9. The Morgan fingerprint density at radius 3 is 2.45 bits per heavy atom. The number of ether oxygens (including phenoxy) is 3. The van der Waals surface area contributed by atoms with Gasteiger partial charge in [-0.3, -0.25) is 14.3 Å². The number of aliphatic hydroxyl groups is 3. The van der Waals surface area contributed by atoms with E-state index < -0.39 is 69.8 Å².